The van der Waals surface area contributed by atoms with Crippen molar-refractivity contribution in [3.63, 3.8) is 0 Å². The average Bonchev–Trinajstić information content (AvgIpc) is 3.16. The number of halogens is 2. The Bertz CT molecular complexity index is 1120. The minimum Gasteiger partial charge on any atom is -0.497 e. The summed E-state index contributed by atoms with van der Waals surface area (Å²) in [5.74, 6) is -0.844. The maximum Gasteiger partial charge on any atom is 0.279 e. The quantitative estimate of drug-likeness (QED) is 0.562. The van der Waals surface area contributed by atoms with E-state index < -0.39 is 26.8 Å². The lowest BCUT2D eigenvalue weighted by Gasteiger charge is -2.09. The number of aromatic amines is 1. The molecule has 146 valence electrons. The fraction of sp³-hybridized carbons (Fsp3) is 0.0588. The lowest BCUT2D eigenvalue weighted by Crippen LogP contribution is -2.19. The molecule has 0 saturated carbocycles. The van der Waals surface area contributed by atoms with Gasteiger partial charge in [0.2, 0.25) is 0 Å². The molecule has 1 heterocycles. The van der Waals surface area contributed by atoms with Crippen LogP contribution in [-0.2, 0) is 10.0 Å². The number of hydrogen-bond donors (Lipinski definition) is 3. The molecule has 0 bridgehead atoms. The first kappa shape index (κ1) is 19.6. The van der Waals surface area contributed by atoms with Crippen molar-refractivity contribution in [1.29, 1.82) is 0 Å². The molecule has 0 unspecified atom stereocenters. The SMILES string of the molecule is COc1ccc(NS(=O)(=O)c2[nH]ncc2C(=O)Nc2ccc(F)c(Cl)c2)cc1. The van der Waals surface area contributed by atoms with Crippen LogP contribution in [0.4, 0.5) is 15.8 Å². The van der Waals surface area contributed by atoms with E-state index in [4.69, 9.17) is 16.3 Å². The minimum absolute atomic E-state index is 0.181. The Morgan fingerprint density at radius 1 is 1.18 bits per heavy atom. The molecule has 11 heteroatoms. The molecule has 0 aliphatic heterocycles. The van der Waals surface area contributed by atoms with E-state index in [2.05, 4.69) is 20.2 Å². The van der Waals surface area contributed by atoms with Crippen molar-refractivity contribution in [1.82, 2.24) is 10.2 Å². The summed E-state index contributed by atoms with van der Waals surface area (Å²) in [5, 5.41) is 7.79. The number of sulfonamides is 1. The van der Waals surface area contributed by atoms with Crippen molar-refractivity contribution in [3.05, 3.63) is 65.1 Å². The van der Waals surface area contributed by atoms with Gasteiger partial charge >= 0.3 is 0 Å². The number of carbonyl (C=O) groups is 1. The van der Waals surface area contributed by atoms with E-state index in [1.807, 2.05) is 0 Å². The number of carbonyl (C=O) groups excluding carboxylic acids is 1. The van der Waals surface area contributed by atoms with Crippen molar-refractivity contribution < 1.29 is 22.3 Å². The van der Waals surface area contributed by atoms with Gasteiger partial charge in [0, 0.05) is 11.4 Å². The number of rotatable bonds is 6. The fourth-order valence-corrected chi connectivity index (χ4v) is 3.62. The van der Waals surface area contributed by atoms with E-state index >= 15 is 0 Å². The monoisotopic (exact) mass is 424 g/mol. The Morgan fingerprint density at radius 2 is 1.86 bits per heavy atom. The van der Waals surface area contributed by atoms with Crippen LogP contribution >= 0.6 is 11.6 Å². The third-order valence-electron chi connectivity index (χ3n) is 3.64. The fourth-order valence-electron chi connectivity index (χ4n) is 2.28. The van der Waals surface area contributed by atoms with E-state index in [1.165, 1.54) is 31.4 Å². The lowest BCUT2D eigenvalue weighted by molar-refractivity contribution is 0.102. The van der Waals surface area contributed by atoms with Crippen molar-refractivity contribution in [2.45, 2.75) is 5.03 Å². The Labute approximate surface area is 164 Å². The zero-order valence-electron chi connectivity index (χ0n) is 14.4. The second-order valence-electron chi connectivity index (χ2n) is 5.53. The highest BCUT2D eigenvalue weighted by molar-refractivity contribution is 7.92. The van der Waals surface area contributed by atoms with Crippen LogP contribution < -0.4 is 14.8 Å². The van der Waals surface area contributed by atoms with Crippen molar-refractivity contribution in [2.75, 3.05) is 17.1 Å². The number of ether oxygens (including phenoxy) is 1. The first-order chi connectivity index (χ1) is 13.3. The molecule has 3 rings (SSSR count). The van der Waals surface area contributed by atoms with E-state index in [0.29, 0.717) is 5.75 Å². The second kappa shape index (κ2) is 7.87. The Morgan fingerprint density at radius 3 is 2.50 bits per heavy atom. The molecule has 1 aromatic heterocycles. The van der Waals surface area contributed by atoms with Crippen LogP contribution in [0.1, 0.15) is 10.4 Å². The highest BCUT2D eigenvalue weighted by Crippen LogP contribution is 2.23. The van der Waals surface area contributed by atoms with Crippen LogP contribution in [0.3, 0.4) is 0 Å². The zero-order valence-corrected chi connectivity index (χ0v) is 15.9. The number of methoxy groups -OCH3 is 1. The highest BCUT2D eigenvalue weighted by Gasteiger charge is 2.25. The number of aromatic nitrogens is 2. The molecule has 0 aliphatic rings. The van der Waals surface area contributed by atoms with Gasteiger partial charge in [-0.1, -0.05) is 11.6 Å². The van der Waals surface area contributed by atoms with Crippen molar-refractivity contribution >= 4 is 38.9 Å². The van der Waals surface area contributed by atoms with Crippen LogP contribution in [0, 0.1) is 5.82 Å². The third-order valence-corrected chi connectivity index (χ3v) is 5.28. The zero-order chi connectivity index (χ0) is 20.3. The summed E-state index contributed by atoms with van der Waals surface area (Å²) in [6.45, 7) is 0. The van der Waals surface area contributed by atoms with Crippen LogP contribution in [0.15, 0.2) is 53.7 Å². The molecule has 0 spiro atoms. The van der Waals surface area contributed by atoms with Gasteiger partial charge in [-0.2, -0.15) is 13.5 Å². The van der Waals surface area contributed by atoms with Gasteiger partial charge in [0.05, 0.1) is 23.9 Å². The molecular formula is C17H14ClFN4O4S. The molecular weight excluding hydrogens is 411 g/mol. The van der Waals surface area contributed by atoms with Gasteiger partial charge in [-0.05, 0) is 42.5 Å². The molecule has 3 aromatic rings. The standard InChI is InChI=1S/C17H14ClFN4O4S/c1-27-12-5-2-10(3-6-12)23-28(25,26)17-13(9-20-22-17)16(24)21-11-4-7-15(19)14(18)8-11/h2-9,23H,1H3,(H,20,22)(H,21,24). The van der Waals surface area contributed by atoms with E-state index in [0.717, 1.165) is 12.3 Å². The summed E-state index contributed by atoms with van der Waals surface area (Å²) in [7, 11) is -2.64. The van der Waals surface area contributed by atoms with E-state index in [1.54, 1.807) is 12.1 Å². The van der Waals surface area contributed by atoms with Gasteiger partial charge in [-0.15, -0.1) is 0 Å². The summed E-state index contributed by atoms with van der Waals surface area (Å²) in [6.07, 6.45) is 1.07. The predicted molar refractivity (Wildman–Crippen MR) is 102 cm³/mol. The molecule has 8 nitrogen and oxygen atoms in total. The van der Waals surface area contributed by atoms with Crippen LogP contribution in [0.5, 0.6) is 5.75 Å². The maximum absolute atomic E-state index is 13.2. The van der Waals surface area contributed by atoms with Gasteiger partial charge in [-0.25, -0.2) is 4.39 Å². The van der Waals surface area contributed by atoms with Gasteiger partial charge in [0.15, 0.2) is 5.03 Å². The van der Waals surface area contributed by atoms with Crippen molar-refractivity contribution in [3.8, 4) is 5.75 Å². The molecule has 1 amide bonds. The second-order valence-corrected chi connectivity index (χ2v) is 7.56. The number of anilines is 2. The Balaban J connectivity index is 1.82. The van der Waals surface area contributed by atoms with Gasteiger partial charge in [0.1, 0.15) is 11.6 Å². The molecule has 2 aromatic carbocycles. The number of hydrogen-bond acceptors (Lipinski definition) is 5. The lowest BCUT2D eigenvalue weighted by atomic mass is 10.3. The molecule has 3 N–H and O–H groups in total. The smallest absolute Gasteiger partial charge is 0.279 e. The van der Waals surface area contributed by atoms with Crippen LogP contribution in [-0.4, -0.2) is 31.6 Å². The van der Waals surface area contributed by atoms with Gasteiger partial charge in [0.25, 0.3) is 15.9 Å². The number of nitrogens with zero attached hydrogens (tertiary/aromatic N) is 1. The highest BCUT2D eigenvalue weighted by atomic mass is 35.5. The largest absolute Gasteiger partial charge is 0.497 e. The summed E-state index contributed by atoms with van der Waals surface area (Å²) >= 11 is 5.68. The first-order valence-electron chi connectivity index (χ1n) is 7.77. The minimum atomic E-state index is -4.13. The molecule has 0 saturated heterocycles. The molecule has 28 heavy (non-hydrogen) atoms. The number of benzene rings is 2. The average molecular weight is 425 g/mol. The normalized spacial score (nSPS) is 11.1. The maximum atomic E-state index is 13.2. The summed E-state index contributed by atoms with van der Waals surface area (Å²) in [6, 6.07) is 9.76. The molecule has 0 aliphatic carbocycles. The third kappa shape index (κ3) is 4.24. The summed E-state index contributed by atoms with van der Waals surface area (Å²) < 4.78 is 45.8. The number of amides is 1. The van der Waals surface area contributed by atoms with Crippen LogP contribution in [0.25, 0.3) is 0 Å². The topological polar surface area (TPSA) is 113 Å². The molecule has 0 atom stereocenters. The summed E-state index contributed by atoms with van der Waals surface area (Å²) in [4.78, 5) is 12.5. The first-order valence-corrected chi connectivity index (χ1v) is 9.63. The van der Waals surface area contributed by atoms with E-state index in [-0.39, 0.29) is 22.0 Å². The van der Waals surface area contributed by atoms with Crippen molar-refractivity contribution in [2.24, 2.45) is 0 Å². The van der Waals surface area contributed by atoms with Gasteiger partial charge < -0.3 is 10.1 Å². The Kier molecular flexibility index (Phi) is 5.52. The molecule has 0 fully saturated rings. The number of nitrogens with one attached hydrogen (secondary N) is 3. The van der Waals surface area contributed by atoms with E-state index in [9.17, 15) is 17.6 Å². The summed E-state index contributed by atoms with van der Waals surface area (Å²) in [5.41, 5.74) is 0.248. The van der Waals surface area contributed by atoms with Gasteiger partial charge in [-0.3, -0.25) is 14.6 Å². The number of H-pyrrole nitrogens is 1. The van der Waals surface area contributed by atoms with Crippen LogP contribution in [0.2, 0.25) is 5.02 Å². The predicted octanol–water partition coefficient (Wildman–Crippen LogP) is 3.26. The molecule has 0 radical (unpaired) electrons. The Hall–Kier alpha value is -3.11.